The quantitative estimate of drug-likeness (QED) is 0.648. The van der Waals surface area contributed by atoms with Gasteiger partial charge < -0.3 is 4.90 Å². The van der Waals surface area contributed by atoms with E-state index in [-0.39, 0.29) is 0 Å². The van der Waals surface area contributed by atoms with E-state index in [1.807, 2.05) is 0 Å². The third-order valence-electron chi connectivity index (χ3n) is 3.18. The van der Waals surface area contributed by atoms with E-state index in [0.29, 0.717) is 12.0 Å². The van der Waals surface area contributed by atoms with Gasteiger partial charge in [0.15, 0.2) is 0 Å². The first-order chi connectivity index (χ1) is 8.22. The minimum atomic E-state index is 0.458. The van der Waals surface area contributed by atoms with E-state index in [9.17, 15) is 0 Å². The number of halogens is 1. The predicted octanol–water partition coefficient (Wildman–Crippen LogP) is 2.29. The zero-order valence-electron chi connectivity index (χ0n) is 9.99. The van der Waals surface area contributed by atoms with Gasteiger partial charge in [-0.25, -0.2) is 10.8 Å². The molecular formula is C11H18BrN5. The zero-order chi connectivity index (χ0) is 12.3. The maximum Gasteiger partial charge on any atom is 0.239 e. The molecule has 1 atom stereocenters. The number of hydrazine groups is 1. The molecule has 0 aliphatic carbocycles. The third kappa shape index (κ3) is 2.87. The van der Waals surface area contributed by atoms with Gasteiger partial charge >= 0.3 is 0 Å². The third-order valence-corrected chi connectivity index (χ3v) is 3.74. The normalized spacial score (nSPS) is 21.1. The van der Waals surface area contributed by atoms with Crippen LogP contribution in [0.2, 0.25) is 0 Å². The first-order valence-electron chi connectivity index (χ1n) is 5.98. The van der Waals surface area contributed by atoms with Gasteiger partial charge in [0.1, 0.15) is 5.82 Å². The van der Waals surface area contributed by atoms with E-state index in [2.05, 4.69) is 43.1 Å². The Morgan fingerprint density at radius 1 is 1.47 bits per heavy atom. The number of anilines is 2. The average molecular weight is 300 g/mol. The number of aromatic nitrogens is 2. The Hall–Kier alpha value is -0.880. The van der Waals surface area contributed by atoms with Gasteiger partial charge in [-0.2, -0.15) is 4.98 Å². The number of nitrogens with one attached hydrogen (secondary N) is 1. The maximum absolute atomic E-state index is 5.36. The van der Waals surface area contributed by atoms with Crippen molar-refractivity contribution in [3.05, 3.63) is 10.7 Å². The summed E-state index contributed by atoms with van der Waals surface area (Å²) in [6.45, 7) is 3.29. The molecular weight excluding hydrogens is 282 g/mol. The molecule has 17 heavy (non-hydrogen) atoms. The molecule has 3 N–H and O–H groups in total. The summed E-state index contributed by atoms with van der Waals surface area (Å²) in [7, 11) is 0. The van der Waals surface area contributed by atoms with Crippen LogP contribution in [0.4, 0.5) is 11.8 Å². The largest absolute Gasteiger partial charge is 0.353 e. The van der Waals surface area contributed by atoms with Gasteiger partial charge in [-0.15, -0.1) is 0 Å². The van der Waals surface area contributed by atoms with Crippen molar-refractivity contribution in [2.75, 3.05) is 16.9 Å². The first-order valence-corrected chi connectivity index (χ1v) is 6.77. The average Bonchev–Trinajstić information content (AvgIpc) is 2.55. The molecule has 6 heteroatoms. The molecule has 2 rings (SSSR count). The Balaban J connectivity index is 2.29. The number of hydrogen-bond donors (Lipinski definition) is 2. The minimum absolute atomic E-state index is 0.458. The summed E-state index contributed by atoms with van der Waals surface area (Å²) in [6, 6.07) is 0.509. The number of hydrogen-bond acceptors (Lipinski definition) is 5. The molecule has 1 aromatic heterocycles. The SMILES string of the molecule is CC1CCCCCN1c1nc(NN)ncc1Br. The Morgan fingerprint density at radius 2 is 2.29 bits per heavy atom. The summed E-state index contributed by atoms with van der Waals surface area (Å²) in [5.74, 6) is 6.75. The van der Waals surface area contributed by atoms with Crippen LogP contribution in [-0.4, -0.2) is 22.6 Å². The smallest absolute Gasteiger partial charge is 0.239 e. The van der Waals surface area contributed by atoms with Crippen LogP contribution in [-0.2, 0) is 0 Å². The van der Waals surface area contributed by atoms with Gasteiger partial charge in [0.2, 0.25) is 5.95 Å². The van der Waals surface area contributed by atoms with Crippen molar-refractivity contribution in [2.24, 2.45) is 5.84 Å². The molecule has 0 bridgehead atoms. The summed E-state index contributed by atoms with van der Waals surface area (Å²) in [5, 5.41) is 0. The van der Waals surface area contributed by atoms with E-state index < -0.39 is 0 Å². The highest BCUT2D eigenvalue weighted by Gasteiger charge is 2.21. The van der Waals surface area contributed by atoms with Crippen LogP contribution < -0.4 is 16.2 Å². The summed E-state index contributed by atoms with van der Waals surface area (Å²) in [5.41, 5.74) is 2.49. The number of nitrogens with zero attached hydrogens (tertiary/aromatic N) is 3. The van der Waals surface area contributed by atoms with Crippen molar-refractivity contribution in [3.8, 4) is 0 Å². The first kappa shape index (κ1) is 12.6. The molecule has 2 heterocycles. The van der Waals surface area contributed by atoms with Crippen molar-refractivity contribution in [2.45, 2.75) is 38.6 Å². The lowest BCUT2D eigenvalue weighted by atomic mass is 10.1. The standard InChI is InChI=1S/C11H18BrN5/c1-8-5-3-2-4-6-17(8)10-9(12)7-14-11(15-10)16-13/h7-8H,2-6,13H2,1H3,(H,14,15,16). The van der Waals surface area contributed by atoms with Crippen molar-refractivity contribution < 1.29 is 0 Å². The monoisotopic (exact) mass is 299 g/mol. The fourth-order valence-corrected chi connectivity index (χ4v) is 2.64. The van der Waals surface area contributed by atoms with Crippen LogP contribution in [0, 0.1) is 0 Å². The number of nitrogen functional groups attached to an aromatic ring is 1. The highest BCUT2D eigenvalue weighted by molar-refractivity contribution is 9.10. The summed E-state index contributed by atoms with van der Waals surface area (Å²) in [6.07, 6.45) is 6.76. The van der Waals surface area contributed by atoms with E-state index in [1.54, 1.807) is 6.20 Å². The molecule has 0 amide bonds. The van der Waals surface area contributed by atoms with Crippen LogP contribution in [0.25, 0.3) is 0 Å². The molecule has 94 valence electrons. The van der Waals surface area contributed by atoms with E-state index in [0.717, 1.165) is 16.8 Å². The highest BCUT2D eigenvalue weighted by atomic mass is 79.9. The summed E-state index contributed by atoms with van der Waals surface area (Å²) < 4.78 is 0.922. The molecule has 1 unspecified atom stereocenters. The molecule has 0 spiro atoms. The maximum atomic E-state index is 5.36. The molecule has 1 aliphatic heterocycles. The van der Waals surface area contributed by atoms with Gasteiger partial charge in [0.25, 0.3) is 0 Å². The second-order valence-corrected chi connectivity index (χ2v) is 5.26. The summed E-state index contributed by atoms with van der Waals surface area (Å²) in [4.78, 5) is 10.9. The topological polar surface area (TPSA) is 67.1 Å². The fraction of sp³-hybridized carbons (Fsp3) is 0.636. The Morgan fingerprint density at radius 3 is 3.06 bits per heavy atom. The van der Waals surface area contributed by atoms with Crippen molar-refractivity contribution >= 4 is 27.7 Å². The molecule has 5 nitrogen and oxygen atoms in total. The Bertz CT molecular complexity index is 384. The molecule has 0 radical (unpaired) electrons. The van der Waals surface area contributed by atoms with Gasteiger partial charge in [-0.1, -0.05) is 12.8 Å². The lowest BCUT2D eigenvalue weighted by molar-refractivity contribution is 0.610. The zero-order valence-corrected chi connectivity index (χ0v) is 11.6. The van der Waals surface area contributed by atoms with Crippen LogP contribution in [0.5, 0.6) is 0 Å². The van der Waals surface area contributed by atoms with Gasteiger partial charge in [0, 0.05) is 18.8 Å². The van der Waals surface area contributed by atoms with Crippen LogP contribution in [0.3, 0.4) is 0 Å². The molecule has 0 aromatic carbocycles. The second-order valence-electron chi connectivity index (χ2n) is 4.40. The van der Waals surface area contributed by atoms with Crippen LogP contribution in [0.15, 0.2) is 10.7 Å². The highest BCUT2D eigenvalue weighted by Crippen LogP contribution is 2.29. The minimum Gasteiger partial charge on any atom is -0.353 e. The lowest BCUT2D eigenvalue weighted by Gasteiger charge is -2.29. The van der Waals surface area contributed by atoms with Gasteiger partial charge in [0.05, 0.1) is 4.47 Å². The van der Waals surface area contributed by atoms with Gasteiger partial charge in [-0.05, 0) is 35.7 Å². The van der Waals surface area contributed by atoms with E-state index in [4.69, 9.17) is 5.84 Å². The number of nitrogens with two attached hydrogens (primary N) is 1. The molecule has 1 aliphatic rings. The second kappa shape index (κ2) is 5.64. The molecule has 1 saturated heterocycles. The van der Waals surface area contributed by atoms with E-state index in [1.165, 1.54) is 25.7 Å². The predicted molar refractivity (Wildman–Crippen MR) is 72.8 cm³/mol. The number of rotatable bonds is 2. The van der Waals surface area contributed by atoms with Crippen LogP contribution >= 0.6 is 15.9 Å². The van der Waals surface area contributed by atoms with Crippen LogP contribution in [0.1, 0.15) is 32.6 Å². The fourth-order valence-electron chi connectivity index (χ4n) is 2.22. The Kier molecular flexibility index (Phi) is 4.17. The molecule has 1 fully saturated rings. The van der Waals surface area contributed by atoms with Crippen molar-refractivity contribution in [3.63, 3.8) is 0 Å². The van der Waals surface area contributed by atoms with E-state index >= 15 is 0 Å². The Labute approximate surface area is 110 Å². The van der Waals surface area contributed by atoms with Gasteiger partial charge in [-0.3, -0.25) is 5.43 Å². The van der Waals surface area contributed by atoms with Crippen molar-refractivity contribution in [1.29, 1.82) is 0 Å². The lowest BCUT2D eigenvalue weighted by Crippen LogP contribution is -2.33. The molecule has 1 aromatic rings. The summed E-state index contributed by atoms with van der Waals surface area (Å²) >= 11 is 3.51. The molecule has 0 saturated carbocycles. The van der Waals surface area contributed by atoms with Crippen molar-refractivity contribution in [1.82, 2.24) is 9.97 Å².